The van der Waals surface area contributed by atoms with Crippen LogP contribution in [-0.4, -0.2) is 20.2 Å². The van der Waals surface area contributed by atoms with Crippen LogP contribution in [0.25, 0.3) is 10.4 Å². The predicted molar refractivity (Wildman–Crippen MR) is 124 cm³/mol. The van der Waals surface area contributed by atoms with Gasteiger partial charge >= 0.3 is 0 Å². The monoisotopic (exact) mass is 495 g/mol. The Bertz CT molecular complexity index is 877. The molecular weight excluding hydrogens is 473 g/mol. The van der Waals surface area contributed by atoms with Crippen LogP contribution >= 0.6 is 35.3 Å². The lowest BCUT2D eigenvalue weighted by molar-refractivity contribution is 0.415. The van der Waals surface area contributed by atoms with E-state index in [0.717, 1.165) is 27.6 Å². The molecule has 0 atom stereocenters. The molecule has 0 saturated carbocycles. The van der Waals surface area contributed by atoms with E-state index in [0.29, 0.717) is 12.5 Å². The summed E-state index contributed by atoms with van der Waals surface area (Å²) < 4.78 is 10.3. The molecular formula is C20H22IN3O2S. The maximum Gasteiger partial charge on any atom is 0.193 e. The van der Waals surface area contributed by atoms with E-state index in [2.05, 4.69) is 34.6 Å². The number of nitrogens with one attached hydrogen (secondary N) is 1. The van der Waals surface area contributed by atoms with Gasteiger partial charge in [-0.25, -0.2) is 4.99 Å². The van der Waals surface area contributed by atoms with Crippen LogP contribution in [0.15, 0.2) is 65.7 Å². The van der Waals surface area contributed by atoms with E-state index in [-0.39, 0.29) is 24.0 Å². The summed E-state index contributed by atoms with van der Waals surface area (Å²) >= 11 is 1.70. The van der Waals surface area contributed by atoms with Gasteiger partial charge in [0.15, 0.2) is 5.96 Å². The van der Waals surface area contributed by atoms with Gasteiger partial charge in [0.05, 0.1) is 20.8 Å². The van der Waals surface area contributed by atoms with Crippen LogP contribution in [0.2, 0.25) is 0 Å². The van der Waals surface area contributed by atoms with Crippen LogP contribution in [0.4, 0.5) is 5.69 Å². The van der Waals surface area contributed by atoms with Crippen LogP contribution in [-0.2, 0) is 6.54 Å². The third-order valence-corrected chi connectivity index (χ3v) is 4.92. The highest BCUT2D eigenvalue weighted by atomic mass is 127. The zero-order valence-electron chi connectivity index (χ0n) is 15.1. The SMILES string of the molecule is COc1ccc(NC(N)=NCc2ccc(-c3ccc(OC)cc3)s2)cc1.I. The Morgan fingerprint density at radius 3 is 2.11 bits per heavy atom. The van der Waals surface area contributed by atoms with E-state index < -0.39 is 0 Å². The number of nitrogens with two attached hydrogens (primary N) is 1. The van der Waals surface area contributed by atoms with Gasteiger partial charge in [-0.2, -0.15) is 0 Å². The number of aliphatic imine (C=N–C) groups is 1. The number of thiophene rings is 1. The summed E-state index contributed by atoms with van der Waals surface area (Å²) in [5, 5.41) is 3.08. The summed E-state index contributed by atoms with van der Waals surface area (Å²) in [6.07, 6.45) is 0. The first-order valence-corrected chi connectivity index (χ1v) is 8.93. The number of nitrogens with zero attached hydrogens (tertiary/aromatic N) is 1. The quantitative estimate of drug-likeness (QED) is 0.288. The average Bonchev–Trinajstić information content (AvgIpc) is 3.16. The lowest BCUT2D eigenvalue weighted by Crippen LogP contribution is -2.22. The summed E-state index contributed by atoms with van der Waals surface area (Å²) in [6, 6.07) is 19.7. The molecule has 3 aromatic rings. The fourth-order valence-electron chi connectivity index (χ4n) is 2.40. The Kier molecular flexibility index (Phi) is 7.93. The fraction of sp³-hybridized carbons (Fsp3) is 0.150. The van der Waals surface area contributed by atoms with Crippen molar-refractivity contribution in [3.8, 4) is 21.9 Å². The normalized spacial score (nSPS) is 10.8. The Balaban J connectivity index is 0.00000261. The second-order valence-corrected chi connectivity index (χ2v) is 6.72. The van der Waals surface area contributed by atoms with Gasteiger partial charge in [0.25, 0.3) is 0 Å². The first-order chi connectivity index (χ1) is 12.7. The summed E-state index contributed by atoms with van der Waals surface area (Å²) in [6.45, 7) is 0.538. The molecule has 0 unspecified atom stereocenters. The molecule has 3 rings (SSSR count). The third-order valence-electron chi connectivity index (χ3n) is 3.80. The number of anilines is 1. The van der Waals surface area contributed by atoms with Gasteiger partial charge in [0, 0.05) is 15.4 Å². The van der Waals surface area contributed by atoms with Gasteiger partial charge in [-0.15, -0.1) is 35.3 Å². The molecule has 1 aromatic heterocycles. The smallest absolute Gasteiger partial charge is 0.193 e. The molecule has 0 saturated heterocycles. The number of halogens is 1. The molecule has 0 fully saturated rings. The summed E-state index contributed by atoms with van der Waals surface area (Å²) in [5.74, 6) is 2.04. The number of rotatable bonds is 6. The summed E-state index contributed by atoms with van der Waals surface area (Å²) in [7, 11) is 3.31. The molecule has 3 N–H and O–H groups in total. The average molecular weight is 495 g/mol. The number of hydrogen-bond acceptors (Lipinski definition) is 4. The second-order valence-electron chi connectivity index (χ2n) is 5.55. The lowest BCUT2D eigenvalue weighted by Gasteiger charge is -2.06. The highest BCUT2D eigenvalue weighted by molar-refractivity contribution is 14.0. The summed E-state index contributed by atoms with van der Waals surface area (Å²) in [4.78, 5) is 6.75. The molecule has 0 aliphatic heterocycles. The van der Waals surface area contributed by atoms with Crippen molar-refractivity contribution in [2.75, 3.05) is 19.5 Å². The van der Waals surface area contributed by atoms with E-state index in [4.69, 9.17) is 15.2 Å². The standard InChI is InChI=1S/C20H21N3O2S.HI/c1-24-16-7-3-14(4-8-16)19-12-11-18(26-19)13-22-20(21)23-15-5-9-17(25-2)10-6-15;/h3-12H,13H2,1-2H3,(H3,21,22,23);1H. The Labute approximate surface area is 180 Å². The number of methoxy groups -OCH3 is 2. The van der Waals surface area contributed by atoms with Gasteiger partial charge < -0.3 is 20.5 Å². The van der Waals surface area contributed by atoms with Crippen LogP contribution in [0.5, 0.6) is 11.5 Å². The highest BCUT2D eigenvalue weighted by Crippen LogP contribution is 2.29. The van der Waals surface area contributed by atoms with Gasteiger partial charge in [-0.1, -0.05) is 0 Å². The van der Waals surface area contributed by atoms with Gasteiger partial charge in [-0.05, 0) is 66.2 Å². The number of guanidine groups is 1. The van der Waals surface area contributed by atoms with E-state index in [1.807, 2.05) is 36.4 Å². The Morgan fingerprint density at radius 2 is 1.52 bits per heavy atom. The van der Waals surface area contributed by atoms with E-state index in [9.17, 15) is 0 Å². The molecule has 142 valence electrons. The molecule has 2 aromatic carbocycles. The van der Waals surface area contributed by atoms with Crippen molar-refractivity contribution < 1.29 is 9.47 Å². The topological polar surface area (TPSA) is 68.9 Å². The van der Waals surface area contributed by atoms with Crippen molar-refractivity contribution in [3.05, 3.63) is 65.5 Å². The van der Waals surface area contributed by atoms with Crippen LogP contribution in [0.1, 0.15) is 4.88 Å². The van der Waals surface area contributed by atoms with E-state index >= 15 is 0 Å². The van der Waals surface area contributed by atoms with Gasteiger partial charge in [0.1, 0.15) is 11.5 Å². The highest BCUT2D eigenvalue weighted by Gasteiger charge is 2.04. The first kappa shape index (κ1) is 21.0. The maximum atomic E-state index is 5.97. The van der Waals surface area contributed by atoms with Crippen molar-refractivity contribution in [1.82, 2.24) is 0 Å². The molecule has 7 heteroatoms. The number of benzene rings is 2. The molecule has 0 radical (unpaired) electrons. The lowest BCUT2D eigenvalue weighted by atomic mass is 10.2. The van der Waals surface area contributed by atoms with Crippen molar-refractivity contribution in [1.29, 1.82) is 0 Å². The fourth-order valence-corrected chi connectivity index (χ4v) is 3.34. The minimum absolute atomic E-state index is 0. The van der Waals surface area contributed by atoms with Crippen molar-refractivity contribution in [3.63, 3.8) is 0 Å². The van der Waals surface area contributed by atoms with E-state index in [1.165, 1.54) is 4.88 Å². The van der Waals surface area contributed by atoms with Crippen LogP contribution in [0, 0.1) is 0 Å². The van der Waals surface area contributed by atoms with Gasteiger partial charge in [0.2, 0.25) is 0 Å². The second kappa shape index (κ2) is 10.2. The third kappa shape index (κ3) is 5.86. The first-order valence-electron chi connectivity index (χ1n) is 8.12. The van der Waals surface area contributed by atoms with Crippen molar-refractivity contribution >= 4 is 47.0 Å². The number of hydrogen-bond donors (Lipinski definition) is 2. The minimum atomic E-state index is 0. The molecule has 0 amide bonds. The van der Waals surface area contributed by atoms with E-state index in [1.54, 1.807) is 25.6 Å². The maximum absolute atomic E-state index is 5.97. The van der Waals surface area contributed by atoms with Crippen molar-refractivity contribution in [2.45, 2.75) is 6.54 Å². The summed E-state index contributed by atoms with van der Waals surface area (Å²) in [5.41, 5.74) is 8.01. The molecule has 5 nitrogen and oxygen atoms in total. The van der Waals surface area contributed by atoms with Gasteiger partial charge in [-0.3, -0.25) is 0 Å². The van der Waals surface area contributed by atoms with Crippen LogP contribution < -0.4 is 20.5 Å². The van der Waals surface area contributed by atoms with Crippen LogP contribution in [0.3, 0.4) is 0 Å². The Hall–Kier alpha value is -2.26. The zero-order chi connectivity index (χ0) is 18.4. The molecule has 0 bridgehead atoms. The minimum Gasteiger partial charge on any atom is -0.497 e. The molecule has 0 aliphatic rings. The zero-order valence-corrected chi connectivity index (χ0v) is 18.3. The molecule has 27 heavy (non-hydrogen) atoms. The molecule has 0 aliphatic carbocycles. The predicted octanol–water partition coefficient (Wildman–Crippen LogP) is 4.98. The van der Waals surface area contributed by atoms with Crippen molar-refractivity contribution in [2.24, 2.45) is 10.7 Å². The Morgan fingerprint density at radius 1 is 0.926 bits per heavy atom. The largest absolute Gasteiger partial charge is 0.497 e. The molecule has 0 spiro atoms. The molecule has 1 heterocycles. The number of ether oxygens (including phenoxy) is 2.